The molecule has 0 saturated heterocycles. The molecule has 0 aromatic heterocycles. The first-order valence-corrected chi connectivity index (χ1v) is 8.16. The number of rotatable bonds is 4. The summed E-state index contributed by atoms with van der Waals surface area (Å²) >= 11 is 6.29. The summed E-state index contributed by atoms with van der Waals surface area (Å²) in [6.45, 7) is 4.40. The zero-order valence-corrected chi connectivity index (χ0v) is 13.5. The highest BCUT2D eigenvalue weighted by Gasteiger charge is 2.31. The first-order valence-electron chi connectivity index (χ1n) is 7.78. The normalized spacial score (nSPS) is 20.9. The van der Waals surface area contributed by atoms with Gasteiger partial charge < -0.3 is 5.32 Å². The molecule has 1 nitrogen and oxygen atoms in total. The molecule has 2 heteroatoms. The highest BCUT2D eigenvalue weighted by atomic mass is 35.5. The van der Waals surface area contributed by atoms with Crippen LogP contribution in [-0.2, 0) is 6.42 Å². The number of hydrogen-bond acceptors (Lipinski definition) is 1. The third-order valence-corrected chi connectivity index (χ3v) is 4.92. The van der Waals surface area contributed by atoms with Gasteiger partial charge in [-0.25, -0.2) is 0 Å². The van der Waals surface area contributed by atoms with E-state index in [0.717, 1.165) is 11.4 Å². The summed E-state index contributed by atoms with van der Waals surface area (Å²) < 4.78 is 0. The molecular formula is C19H22ClN. The van der Waals surface area contributed by atoms with E-state index < -0.39 is 0 Å². The van der Waals surface area contributed by atoms with E-state index in [1.54, 1.807) is 0 Å². The zero-order chi connectivity index (χ0) is 14.8. The third-order valence-electron chi connectivity index (χ3n) is 4.57. The Labute approximate surface area is 132 Å². The molecule has 1 aliphatic rings. The number of hydrogen-bond donors (Lipinski definition) is 1. The van der Waals surface area contributed by atoms with Gasteiger partial charge in [0.1, 0.15) is 0 Å². The van der Waals surface area contributed by atoms with Gasteiger partial charge in [0, 0.05) is 16.8 Å². The lowest BCUT2D eigenvalue weighted by atomic mass is 9.75. The number of aryl methyl sites for hydroxylation is 2. The van der Waals surface area contributed by atoms with E-state index in [4.69, 9.17) is 11.6 Å². The predicted octanol–water partition coefficient (Wildman–Crippen LogP) is 5.57. The van der Waals surface area contributed by atoms with Gasteiger partial charge in [-0.2, -0.15) is 0 Å². The maximum Gasteiger partial charge on any atom is 0.0440 e. The molecule has 2 aromatic rings. The lowest BCUT2D eigenvalue weighted by molar-refractivity contribution is 0.374. The van der Waals surface area contributed by atoms with Gasteiger partial charge in [0.15, 0.2) is 0 Å². The average molecular weight is 300 g/mol. The van der Waals surface area contributed by atoms with Gasteiger partial charge in [-0.05, 0) is 54.9 Å². The van der Waals surface area contributed by atoms with Crippen LogP contribution in [0.3, 0.4) is 0 Å². The van der Waals surface area contributed by atoms with Crippen molar-refractivity contribution in [1.29, 1.82) is 0 Å². The number of anilines is 1. The minimum atomic E-state index is 0.567. The van der Waals surface area contributed by atoms with Crippen molar-refractivity contribution in [2.75, 3.05) is 5.32 Å². The van der Waals surface area contributed by atoms with Crippen LogP contribution in [0.4, 0.5) is 5.69 Å². The molecule has 0 unspecified atom stereocenters. The predicted molar refractivity (Wildman–Crippen MR) is 91.4 cm³/mol. The fourth-order valence-electron chi connectivity index (χ4n) is 3.23. The van der Waals surface area contributed by atoms with Crippen molar-refractivity contribution < 1.29 is 0 Å². The van der Waals surface area contributed by atoms with Gasteiger partial charge >= 0.3 is 0 Å². The summed E-state index contributed by atoms with van der Waals surface area (Å²) in [4.78, 5) is 0. The first-order chi connectivity index (χ1) is 10.2. The molecule has 110 valence electrons. The van der Waals surface area contributed by atoms with E-state index in [0.29, 0.717) is 12.0 Å². The van der Waals surface area contributed by atoms with Crippen LogP contribution in [0.2, 0.25) is 5.02 Å². The molecule has 1 N–H and O–H groups in total. The van der Waals surface area contributed by atoms with E-state index in [1.165, 1.54) is 35.2 Å². The van der Waals surface area contributed by atoms with Crippen LogP contribution in [0, 0.1) is 6.92 Å². The second-order valence-corrected chi connectivity index (χ2v) is 6.40. The largest absolute Gasteiger partial charge is 0.382 e. The maximum atomic E-state index is 6.29. The number of para-hydroxylation sites is 1. The summed E-state index contributed by atoms with van der Waals surface area (Å²) in [6.07, 6.45) is 3.41. The number of benzene rings is 2. The summed E-state index contributed by atoms with van der Waals surface area (Å²) in [5, 5.41) is 4.65. The standard InChI is InChI=1S/C19H22ClN/c1-3-14-8-6-7-13(2)19(14)21-16-11-15(12-16)17-9-4-5-10-18(17)20/h4-10,15-16,21H,3,11-12H2,1-2H3. The summed E-state index contributed by atoms with van der Waals surface area (Å²) in [5.74, 6) is 0.602. The van der Waals surface area contributed by atoms with E-state index >= 15 is 0 Å². The molecule has 1 fully saturated rings. The van der Waals surface area contributed by atoms with Gasteiger partial charge in [-0.15, -0.1) is 0 Å². The van der Waals surface area contributed by atoms with Crippen molar-refractivity contribution in [3.8, 4) is 0 Å². The summed E-state index contributed by atoms with van der Waals surface area (Å²) in [5.41, 5.74) is 5.40. The molecule has 3 rings (SSSR count). The van der Waals surface area contributed by atoms with Crippen LogP contribution in [-0.4, -0.2) is 6.04 Å². The van der Waals surface area contributed by atoms with Crippen molar-refractivity contribution in [3.63, 3.8) is 0 Å². The fraction of sp³-hybridized carbons (Fsp3) is 0.368. The van der Waals surface area contributed by atoms with Crippen molar-refractivity contribution in [3.05, 3.63) is 64.2 Å². The Hall–Kier alpha value is -1.47. The SMILES string of the molecule is CCc1cccc(C)c1NC1CC(c2ccccc2Cl)C1. The molecular weight excluding hydrogens is 278 g/mol. The van der Waals surface area contributed by atoms with Crippen molar-refractivity contribution in [1.82, 2.24) is 0 Å². The van der Waals surface area contributed by atoms with Crippen molar-refractivity contribution >= 4 is 17.3 Å². The molecule has 2 aromatic carbocycles. The Kier molecular flexibility index (Phi) is 4.21. The maximum absolute atomic E-state index is 6.29. The highest BCUT2D eigenvalue weighted by molar-refractivity contribution is 6.31. The molecule has 1 aliphatic carbocycles. The van der Waals surface area contributed by atoms with Crippen molar-refractivity contribution in [2.24, 2.45) is 0 Å². The Morgan fingerprint density at radius 3 is 2.57 bits per heavy atom. The number of nitrogens with one attached hydrogen (secondary N) is 1. The van der Waals surface area contributed by atoms with Gasteiger partial charge in [-0.1, -0.05) is 54.9 Å². The molecule has 1 saturated carbocycles. The highest BCUT2D eigenvalue weighted by Crippen LogP contribution is 2.41. The van der Waals surface area contributed by atoms with Crippen LogP contribution < -0.4 is 5.32 Å². The molecule has 0 atom stereocenters. The van der Waals surface area contributed by atoms with Crippen molar-refractivity contribution in [2.45, 2.75) is 45.1 Å². The molecule has 0 amide bonds. The second kappa shape index (κ2) is 6.11. The van der Waals surface area contributed by atoms with Crippen LogP contribution >= 0.6 is 11.6 Å². The van der Waals surface area contributed by atoms with Crippen LogP contribution in [0.1, 0.15) is 42.4 Å². The van der Waals surface area contributed by atoms with Crippen LogP contribution in [0.25, 0.3) is 0 Å². The Balaban J connectivity index is 1.67. The van der Waals surface area contributed by atoms with Gasteiger partial charge in [0.2, 0.25) is 0 Å². The van der Waals surface area contributed by atoms with Gasteiger partial charge in [-0.3, -0.25) is 0 Å². The fourth-order valence-corrected chi connectivity index (χ4v) is 3.52. The minimum Gasteiger partial charge on any atom is -0.382 e. The molecule has 0 bridgehead atoms. The third kappa shape index (κ3) is 2.94. The Morgan fingerprint density at radius 1 is 1.10 bits per heavy atom. The number of halogens is 1. The summed E-state index contributed by atoms with van der Waals surface area (Å²) in [7, 11) is 0. The second-order valence-electron chi connectivity index (χ2n) is 5.99. The summed E-state index contributed by atoms with van der Waals surface area (Å²) in [6, 6.07) is 15.4. The molecule has 0 heterocycles. The molecule has 0 aliphatic heterocycles. The lowest BCUT2D eigenvalue weighted by Crippen LogP contribution is -2.34. The first kappa shape index (κ1) is 14.5. The van der Waals surface area contributed by atoms with Crippen LogP contribution in [0.15, 0.2) is 42.5 Å². The van der Waals surface area contributed by atoms with Gasteiger partial charge in [0.25, 0.3) is 0 Å². The quantitative estimate of drug-likeness (QED) is 0.778. The van der Waals surface area contributed by atoms with E-state index in [1.807, 2.05) is 12.1 Å². The topological polar surface area (TPSA) is 12.0 Å². The Morgan fingerprint density at radius 2 is 1.86 bits per heavy atom. The molecule has 0 radical (unpaired) electrons. The van der Waals surface area contributed by atoms with E-state index in [9.17, 15) is 0 Å². The van der Waals surface area contributed by atoms with E-state index in [-0.39, 0.29) is 0 Å². The average Bonchev–Trinajstić information content (AvgIpc) is 2.45. The van der Waals surface area contributed by atoms with E-state index in [2.05, 4.69) is 49.5 Å². The smallest absolute Gasteiger partial charge is 0.0440 e. The zero-order valence-electron chi connectivity index (χ0n) is 12.7. The monoisotopic (exact) mass is 299 g/mol. The van der Waals surface area contributed by atoms with Crippen LogP contribution in [0.5, 0.6) is 0 Å². The molecule has 21 heavy (non-hydrogen) atoms. The molecule has 0 spiro atoms. The van der Waals surface area contributed by atoms with Gasteiger partial charge in [0.05, 0.1) is 0 Å². The lowest BCUT2D eigenvalue weighted by Gasteiger charge is -2.38. The Bertz CT molecular complexity index is 629. The minimum absolute atomic E-state index is 0.567.